The van der Waals surface area contributed by atoms with Gasteiger partial charge in [-0.05, 0) is 19.2 Å². The van der Waals surface area contributed by atoms with Crippen molar-refractivity contribution in [2.24, 2.45) is 0 Å². The lowest BCUT2D eigenvalue weighted by Gasteiger charge is -2.32. The summed E-state index contributed by atoms with van der Waals surface area (Å²) < 4.78 is 7.64. The Morgan fingerprint density at radius 1 is 1.10 bits per heavy atom. The molecule has 1 aromatic heterocycles. The molecule has 1 aliphatic rings. The molecule has 3 rings (SSSR count). The van der Waals surface area contributed by atoms with Gasteiger partial charge in [-0.25, -0.2) is 4.68 Å². The first-order valence-electron chi connectivity index (χ1n) is 7.45. The number of hydrogen-bond donors (Lipinski definition) is 0. The van der Waals surface area contributed by atoms with Crippen LogP contribution in [0, 0.1) is 0 Å². The van der Waals surface area contributed by atoms with Crippen LogP contribution in [0.4, 0.5) is 0 Å². The fraction of sp³-hybridized carbons (Fsp3) is 0.438. The molecule has 0 bridgehead atoms. The van der Waals surface area contributed by atoms with Gasteiger partial charge in [-0.1, -0.05) is 18.2 Å². The van der Waals surface area contributed by atoms with E-state index >= 15 is 0 Å². The molecule has 5 nitrogen and oxygen atoms in total. The largest absolute Gasteiger partial charge is 0.489 e. The van der Waals surface area contributed by atoms with E-state index in [0.717, 1.165) is 44.2 Å². The van der Waals surface area contributed by atoms with Gasteiger partial charge in [-0.3, -0.25) is 4.90 Å². The van der Waals surface area contributed by atoms with Gasteiger partial charge in [0.15, 0.2) is 5.75 Å². The molecule has 21 heavy (non-hydrogen) atoms. The van der Waals surface area contributed by atoms with Gasteiger partial charge >= 0.3 is 0 Å². The highest BCUT2D eigenvalue weighted by Crippen LogP contribution is 2.13. The third-order valence-electron chi connectivity index (χ3n) is 3.85. The quantitative estimate of drug-likeness (QED) is 0.834. The molecule has 0 amide bonds. The van der Waals surface area contributed by atoms with Crippen molar-refractivity contribution < 1.29 is 4.74 Å². The van der Waals surface area contributed by atoms with Crippen LogP contribution < -0.4 is 4.74 Å². The van der Waals surface area contributed by atoms with Gasteiger partial charge in [-0.15, -0.1) is 0 Å². The number of aromatic nitrogens is 2. The Morgan fingerprint density at radius 3 is 2.62 bits per heavy atom. The Bertz CT molecular complexity index is 546. The summed E-state index contributed by atoms with van der Waals surface area (Å²) in [4.78, 5) is 4.81. The summed E-state index contributed by atoms with van der Waals surface area (Å²) >= 11 is 0. The monoisotopic (exact) mass is 286 g/mol. The van der Waals surface area contributed by atoms with E-state index in [1.54, 1.807) is 6.20 Å². The molecule has 2 heterocycles. The lowest BCUT2D eigenvalue weighted by molar-refractivity contribution is 0.133. The summed E-state index contributed by atoms with van der Waals surface area (Å²) in [6.45, 7) is 6.23. The zero-order chi connectivity index (χ0) is 14.5. The van der Waals surface area contributed by atoms with Crippen LogP contribution in [0.2, 0.25) is 0 Å². The average Bonchev–Trinajstić information content (AvgIpc) is 2.99. The zero-order valence-electron chi connectivity index (χ0n) is 12.5. The van der Waals surface area contributed by atoms with Gasteiger partial charge in [0.05, 0.1) is 18.1 Å². The number of nitrogens with zero attached hydrogens (tertiary/aromatic N) is 4. The molecule has 0 atom stereocenters. The normalized spacial score (nSPS) is 17.0. The van der Waals surface area contributed by atoms with Crippen LogP contribution in [0.15, 0.2) is 42.7 Å². The lowest BCUT2D eigenvalue weighted by atomic mass is 10.3. The Hall–Kier alpha value is -1.85. The summed E-state index contributed by atoms with van der Waals surface area (Å²) in [5.41, 5.74) is 1.05. The standard InChI is InChI=1S/C16H22N4O/c1-18-7-9-19(10-8-18)11-12-21-16-13-17-20(14-16)15-5-3-2-4-6-15/h2-6,13-14H,7-12H2,1H3. The van der Waals surface area contributed by atoms with E-state index in [0.29, 0.717) is 6.61 Å². The second-order valence-electron chi connectivity index (χ2n) is 5.45. The molecule has 5 heteroatoms. The first-order chi connectivity index (χ1) is 10.3. The summed E-state index contributed by atoms with van der Waals surface area (Å²) in [6.07, 6.45) is 3.70. The predicted molar refractivity (Wildman–Crippen MR) is 83.0 cm³/mol. The minimum Gasteiger partial charge on any atom is -0.489 e. The molecule has 0 aliphatic carbocycles. The van der Waals surface area contributed by atoms with Crippen molar-refractivity contribution in [1.29, 1.82) is 0 Å². The number of ether oxygens (including phenoxy) is 1. The molecule has 0 N–H and O–H groups in total. The molecule has 2 aromatic rings. The molecule has 0 saturated carbocycles. The highest BCUT2D eigenvalue weighted by molar-refractivity contribution is 5.32. The van der Waals surface area contributed by atoms with Gasteiger partial charge in [0.1, 0.15) is 6.61 Å². The summed E-state index contributed by atoms with van der Waals surface area (Å²) in [5.74, 6) is 0.827. The van der Waals surface area contributed by atoms with Gasteiger partial charge in [0, 0.05) is 32.7 Å². The van der Waals surface area contributed by atoms with E-state index < -0.39 is 0 Å². The minimum atomic E-state index is 0.712. The SMILES string of the molecule is CN1CCN(CCOc2cnn(-c3ccccc3)c2)CC1. The smallest absolute Gasteiger partial charge is 0.157 e. The van der Waals surface area contributed by atoms with Gasteiger partial charge < -0.3 is 9.64 Å². The van der Waals surface area contributed by atoms with Crippen molar-refractivity contribution in [3.05, 3.63) is 42.7 Å². The summed E-state index contributed by atoms with van der Waals surface area (Å²) in [7, 11) is 2.17. The average molecular weight is 286 g/mol. The maximum atomic E-state index is 5.80. The number of hydrogen-bond acceptors (Lipinski definition) is 4. The molecule has 1 fully saturated rings. The van der Waals surface area contributed by atoms with Crippen molar-refractivity contribution in [1.82, 2.24) is 19.6 Å². The summed E-state index contributed by atoms with van der Waals surface area (Å²) in [5, 5.41) is 4.33. The van der Waals surface area contributed by atoms with E-state index in [1.165, 1.54) is 0 Å². The lowest BCUT2D eigenvalue weighted by Crippen LogP contribution is -2.45. The third kappa shape index (κ3) is 3.83. The molecule has 1 aromatic carbocycles. The highest BCUT2D eigenvalue weighted by Gasteiger charge is 2.13. The number of benzene rings is 1. The number of rotatable bonds is 5. The fourth-order valence-electron chi connectivity index (χ4n) is 2.47. The van der Waals surface area contributed by atoms with Crippen molar-refractivity contribution in [2.45, 2.75) is 0 Å². The second-order valence-corrected chi connectivity index (χ2v) is 5.45. The highest BCUT2D eigenvalue weighted by atomic mass is 16.5. The zero-order valence-corrected chi connectivity index (χ0v) is 12.5. The predicted octanol–water partition coefficient (Wildman–Crippen LogP) is 1.50. The van der Waals surface area contributed by atoms with Gasteiger partial charge in [0.2, 0.25) is 0 Å². The number of likely N-dealkylation sites (N-methyl/N-ethyl adjacent to an activating group) is 1. The number of piperazine rings is 1. The fourth-order valence-corrected chi connectivity index (χ4v) is 2.47. The van der Waals surface area contributed by atoms with Crippen LogP contribution in [0.5, 0.6) is 5.75 Å². The van der Waals surface area contributed by atoms with Gasteiger partial charge in [0.25, 0.3) is 0 Å². The van der Waals surface area contributed by atoms with E-state index in [4.69, 9.17) is 4.74 Å². The van der Waals surface area contributed by atoms with Crippen molar-refractivity contribution >= 4 is 0 Å². The van der Waals surface area contributed by atoms with Crippen LogP contribution in [0.3, 0.4) is 0 Å². The molecule has 0 radical (unpaired) electrons. The number of para-hydroxylation sites is 1. The maximum Gasteiger partial charge on any atom is 0.157 e. The second kappa shape index (κ2) is 6.74. The van der Waals surface area contributed by atoms with Gasteiger partial charge in [-0.2, -0.15) is 5.10 Å². The molecule has 0 spiro atoms. The molecule has 112 valence electrons. The van der Waals surface area contributed by atoms with Crippen LogP contribution >= 0.6 is 0 Å². The topological polar surface area (TPSA) is 33.5 Å². The van der Waals surface area contributed by atoms with E-state index in [1.807, 2.05) is 41.2 Å². The van der Waals surface area contributed by atoms with Crippen LogP contribution in [0.25, 0.3) is 5.69 Å². The van der Waals surface area contributed by atoms with E-state index in [9.17, 15) is 0 Å². The first-order valence-corrected chi connectivity index (χ1v) is 7.45. The minimum absolute atomic E-state index is 0.712. The van der Waals surface area contributed by atoms with Crippen LogP contribution in [-0.4, -0.2) is 66.0 Å². The van der Waals surface area contributed by atoms with E-state index in [-0.39, 0.29) is 0 Å². The first kappa shape index (κ1) is 14.1. The van der Waals surface area contributed by atoms with Crippen molar-refractivity contribution in [2.75, 3.05) is 46.4 Å². The van der Waals surface area contributed by atoms with Crippen LogP contribution in [0.1, 0.15) is 0 Å². The Kier molecular flexibility index (Phi) is 4.52. The summed E-state index contributed by atoms with van der Waals surface area (Å²) in [6, 6.07) is 10.1. The maximum absolute atomic E-state index is 5.80. The molecule has 1 aliphatic heterocycles. The molecular formula is C16H22N4O. The molecule has 1 saturated heterocycles. The molecular weight excluding hydrogens is 264 g/mol. The Labute approximate surface area is 125 Å². The van der Waals surface area contributed by atoms with Crippen LogP contribution in [-0.2, 0) is 0 Å². The van der Waals surface area contributed by atoms with Crippen molar-refractivity contribution in [3.63, 3.8) is 0 Å². The third-order valence-corrected chi connectivity index (χ3v) is 3.85. The Balaban J connectivity index is 1.47. The van der Waals surface area contributed by atoms with E-state index in [2.05, 4.69) is 21.9 Å². The Morgan fingerprint density at radius 2 is 1.86 bits per heavy atom. The molecule has 0 unspecified atom stereocenters. The van der Waals surface area contributed by atoms with Crippen molar-refractivity contribution in [3.8, 4) is 11.4 Å².